The fraction of sp³-hybridized carbons (Fsp3) is 0.583. The number of pyridine rings is 1. The second-order valence-corrected chi connectivity index (χ2v) is 11.2. The number of aliphatic hydroxyl groups excluding tert-OH is 2. The fourth-order valence-electron chi connectivity index (χ4n) is 4.86. The Labute approximate surface area is 202 Å². The van der Waals surface area contributed by atoms with Crippen molar-refractivity contribution in [3.8, 4) is 10.6 Å². The average molecular weight is 485 g/mol. The molecular formula is C24H32N6O3S. The summed E-state index contributed by atoms with van der Waals surface area (Å²) < 4.78 is 1.01. The zero-order valence-electron chi connectivity index (χ0n) is 19.9. The van der Waals surface area contributed by atoms with E-state index < -0.39 is 29.8 Å². The molecule has 0 saturated heterocycles. The molecule has 3 heterocycles. The molecule has 0 aliphatic heterocycles. The second-order valence-electron chi connectivity index (χ2n) is 10.2. The van der Waals surface area contributed by atoms with Gasteiger partial charge in [0.15, 0.2) is 0 Å². The molecule has 2 fully saturated rings. The third kappa shape index (κ3) is 4.47. The van der Waals surface area contributed by atoms with Gasteiger partial charge in [0.05, 0.1) is 39.9 Å². The molecule has 10 heteroatoms. The van der Waals surface area contributed by atoms with Gasteiger partial charge in [-0.3, -0.25) is 4.98 Å². The van der Waals surface area contributed by atoms with Crippen LogP contribution in [0.5, 0.6) is 0 Å². The molecule has 0 spiro atoms. The summed E-state index contributed by atoms with van der Waals surface area (Å²) in [4.78, 5) is 18.5. The highest BCUT2D eigenvalue weighted by Gasteiger charge is 2.48. The fourth-order valence-corrected chi connectivity index (χ4v) is 5.89. The molecule has 2 saturated carbocycles. The summed E-state index contributed by atoms with van der Waals surface area (Å²) in [5.41, 5.74) is 1.21. The number of rotatable bonds is 7. The first kappa shape index (κ1) is 23.3. The van der Waals surface area contributed by atoms with Gasteiger partial charge >= 0.3 is 0 Å². The number of aliphatic hydroxyl groups is 3. The Bertz CT molecular complexity index is 1160. The van der Waals surface area contributed by atoms with E-state index in [1.165, 1.54) is 24.2 Å². The normalized spacial score (nSPS) is 26.1. The van der Waals surface area contributed by atoms with Gasteiger partial charge in [-0.25, -0.2) is 9.97 Å². The molecule has 2 aliphatic rings. The number of fused-ring (bicyclic) bond motifs is 1. The largest absolute Gasteiger partial charge is 0.390 e. The van der Waals surface area contributed by atoms with Gasteiger partial charge in [-0.1, -0.05) is 0 Å². The lowest BCUT2D eigenvalue weighted by Crippen LogP contribution is -2.40. The van der Waals surface area contributed by atoms with Crippen LogP contribution in [-0.4, -0.2) is 65.1 Å². The van der Waals surface area contributed by atoms with Gasteiger partial charge < -0.3 is 26.0 Å². The Morgan fingerprint density at radius 1 is 1.15 bits per heavy atom. The predicted molar refractivity (Wildman–Crippen MR) is 133 cm³/mol. The number of aromatic nitrogens is 4. The maximum atomic E-state index is 10.8. The van der Waals surface area contributed by atoms with Crippen molar-refractivity contribution in [1.82, 2.24) is 19.9 Å². The van der Waals surface area contributed by atoms with E-state index in [4.69, 9.17) is 15.0 Å². The molecular weight excluding hydrogens is 452 g/mol. The first-order valence-electron chi connectivity index (χ1n) is 11.8. The van der Waals surface area contributed by atoms with Crippen LogP contribution in [0.25, 0.3) is 20.8 Å². The van der Waals surface area contributed by atoms with E-state index in [0.717, 1.165) is 26.5 Å². The quantitative estimate of drug-likeness (QED) is 0.343. The highest BCUT2D eigenvalue weighted by molar-refractivity contribution is 7.21. The Balaban J connectivity index is 1.53. The number of hydrogen-bond donors (Lipinski definition) is 5. The van der Waals surface area contributed by atoms with Crippen molar-refractivity contribution >= 4 is 33.3 Å². The first-order chi connectivity index (χ1) is 16.1. The van der Waals surface area contributed by atoms with Crippen LogP contribution in [-0.2, 0) is 0 Å². The van der Waals surface area contributed by atoms with Crippen LogP contribution in [0.1, 0.15) is 45.7 Å². The second kappa shape index (κ2) is 8.67. The number of nitrogens with one attached hydrogen (secondary N) is 2. The highest BCUT2D eigenvalue weighted by Crippen LogP contribution is 2.40. The highest BCUT2D eigenvalue weighted by atomic mass is 32.1. The van der Waals surface area contributed by atoms with Gasteiger partial charge in [0, 0.05) is 18.2 Å². The lowest BCUT2D eigenvalue weighted by atomic mass is 9.88. The molecule has 0 amide bonds. The summed E-state index contributed by atoms with van der Waals surface area (Å²) in [5, 5.41) is 39.5. The van der Waals surface area contributed by atoms with Crippen LogP contribution in [0.3, 0.4) is 0 Å². The molecule has 5 rings (SSSR count). The van der Waals surface area contributed by atoms with Crippen molar-refractivity contribution in [1.29, 1.82) is 0 Å². The standard InChI is InChI=1S/C24H32N6O3S/c1-11(13-5-6-13)26-23-27-12(2)18(22-29-16-10-25-8-7-17(16)34-22)21(30-23)28-15-9-14(24(3,4)33)19(31)20(15)32/h7-8,10-11,13-15,19-20,31-33H,5-6,9H2,1-4H3,(H2,26,27,28,30)/t11-,14+,15-,19-,20+/m1/s1. The van der Waals surface area contributed by atoms with E-state index in [1.807, 2.05) is 13.0 Å². The number of aryl methyl sites for hydroxylation is 1. The molecule has 2 aliphatic carbocycles. The summed E-state index contributed by atoms with van der Waals surface area (Å²) in [6, 6.07) is 1.72. The van der Waals surface area contributed by atoms with Crippen LogP contribution in [0, 0.1) is 18.8 Å². The van der Waals surface area contributed by atoms with Gasteiger partial charge in [-0.15, -0.1) is 11.3 Å². The summed E-state index contributed by atoms with van der Waals surface area (Å²) in [6.45, 7) is 7.39. The Hall–Kier alpha value is -2.40. The number of anilines is 2. The monoisotopic (exact) mass is 484 g/mol. The third-order valence-corrected chi connectivity index (χ3v) is 8.15. The molecule has 5 atom stereocenters. The minimum Gasteiger partial charge on any atom is -0.390 e. The summed E-state index contributed by atoms with van der Waals surface area (Å²) in [7, 11) is 0. The maximum absolute atomic E-state index is 10.8. The lowest BCUT2D eigenvalue weighted by Gasteiger charge is -2.28. The Morgan fingerprint density at radius 2 is 1.91 bits per heavy atom. The van der Waals surface area contributed by atoms with Crippen molar-refractivity contribution in [3.05, 3.63) is 24.2 Å². The van der Waals surface area contributed by atoms with Crippen LogP contribution in [0.15, 0.2) is 18.5 Å². The van der Waals surface area contributed by atoms with Gasteiger partial charge in [0.25, 0.3) is 0 Å². The molecule has 0 bridgehead atoms. The number of hydrogen-bond acceptors (Lipinski definition) is 10. The third-order valence-electron chi connectivity index (χ3n) is 7.09. The summed E-state index contributed by atoms with van der Waals surface area (Å²) in [5.74, 6) is 1.25. The van der Waals surface area contributed by atoms with Gasteiger partial charge in [0.2, 0.25) is 5.95 Å². The molecule has 3 aromatic rings. The van der Waals surface area contributed by atoms with E-state index in [1.54, 1.807) is 26.2 Å². The summed E-state index contributed by atoms with van der Waals surface area (Å²) in [6.07, 6.45) is 4.22. The van der Waals surface area contributed by atoms with E-state index >= 15 is 0 Å². The predicted octanol–water partition coefficient (Wildman–Crippen LogP) is 2.96. The van der Waals surface area contributed by atoms with Crippen LogP contribution in [0.4, 0.5) is 11.8 Å². The Kier molecular flexibility index (Phi) is 5.96. The van der Waals surface area contributed by atoms with E-state index in [0.29, 0.717) is 24.1 Å². The van der Waals surface area contributed by atoms with Crippen molar-refractivity contribution in [2.24, 2.45) is 11.8 Å². The van der Waals surface area contributed by atoms with Crippen molar-refractivity contribution in [3.63, 3.8) is 0 Å². The molecule has 5 N–H and O–H groups in total. The summed E-state index contributed by atoms with van der Waals surface area (Å²) >= 11 is 1.53. The van der Waals surface area contributed by atoms with Gasteiger partial charge in [-0.05, 0) is 58.9 Å². The smallest absolute Gasteiger partial charge is 0.225 e. The minimum atomic E-state index is -1.12. The topological polar surface area (TPSA) is 136 Å². The molecule has 0 aromatic carbocycles. The minimum absolute atomic E-state index is 0.269. The SMILES string of the molecule is Cc1nc(N[C@H](C)C2CC2)nc(N[C@@H]2C[C@H](C(C)(C)O)[C@@H](O)[C@H]2O)c1-c1nc2cnccc2s1. The van der Waals surface area contributed by atoms with Crippen LogP contribution >= 0.6 is 11.3 Å². The van der Waals surface area contributed by atoms with E-state index in [-0.39, 0.29) is 6.04 Å². The number of nitrogens with zero attached hydrogens (tertiary/aromatic N) is 4. The molecule has 182 valence electrons. The average Bonchev–Trinajstić information content (AvgIpc) is 3.47. The zero-order chi connectivity index (χ0) is 24.2. The molecule has 0 radical (unpaired) electrons. The molecule has 34 heavy (non-hydrogen) atoms. The van der Waals surface area contributed by atoms with Crippen LogP contribution in [0.2, 0.25) is 0 Å². The van der Waals surface area contributed by atoms with Gasteiger partial charge in [-0.2, -0.15) is 4.98 Å². The maximum Gasteiger partial charge on any atom is 0.225 e. The van der Waals surface area contributed by atoms with Gasteiger partial charge in [0.1, 0.15) is 22.4 Å². The van der Waals surface area contributed by atoms with Crippen molar-refractivity contribution < 1.29 is 15.3 Å². The zero-order valence-corrected chi connectivity index (χ0v) is 20.7. The van der Waals surface area contributed by atoms with Crippen molar-refractivity contribution in [2.45, 2.75) is 76.9 Å². The molecule has 9 nitrogen and oxygen atoms in total. The molecule has 0 unspecified atom stereocenters. The van der Waals surface area contributed by atoms with E-state index in [9.17, 15) is 15.3 Å². The lowest BCUT2D eigenvalue weighted by molar-refractivity contribution is -0.0601. The Morgan fingerprint density at radius 3 is 2.56 bits per heavy atom. The van der Waals surface area contributed by atoms with Crippen molar-refractivity contribution in [2.75, 3.05) is 10.6 Å². The first-order valence-corrected chi connectivity index (χ1v) is 12.6. The van der Waals surface area contributed by atoms with Crippen LogP contribution < -0.4 is 10.6 Å². The number of thiazole rings is 1. The van der Waals surface area contributed by atoms with E-state index in [2.05, 4.69) is 22.5 Å². The molecule has 3 aromatic heterocycles.